The quantitative estimate of drug-likeness (QED) is 0.484. The van der Waals surface area contributed by atoms with Gasteiger partial charge in [0.15, 0.2) is 22.5 Å². The Morgan fingerprint density at radius 1 is 1.09 bits per heavy atom. The molecule has 0 fully saturated rings. The number of rotatable bonds is 8. The van der Waals surface area contributed by atoms with Gasteiger partial charge in [0.1, 0.15) is 0 Å². The maximum absolute atomic E-state index is 13.1. The molecule has 0 saturated carbocycles. The number of benzene rings is 2. The van der Waals surface area contributed by atoms with Crippen molar-refractivity contribution in [1.29, 1.82) is 0 Å². The lowest BCUT2D eigenvalue weighted by Crippen LogP contribution is -2.18. The topological polar surface area (TPSA) is 78.3 Å². The molecule has 0 aliphatic rings. The Kier molecular flexibility index (Phi) is 7.29. The number of amides is 1. The van der Waals surface area contributed by atoms with Gasteiger partial charge in [-0.1, -0.05) is 23.9 Å². The minimum absolute atomic E-state index is 0.129. The number of methoxy groups -OCH3 is 2. The van der Waals surface area contributed by atoms with Gasteiger partial charge >= 0.3 is 6.18 Å². The molecule has 0 aliphatic carbocycles. The molecule has 32 heavy (non-hydrogen) atoms. The van der Waals surface area contributed by atoms with Crippen molar-refractivity contribution in [2.24, 2.45) is 0 Å². The molecule has 1 amide bonds. The maximum Gasteiger partial charge on any atom is 0.418 e. The first-order valence-corrected chi connectivity index (χ1v) is 10.5. The number of para-hydroxylation sites is 1. The Hall–Kier alpha value is -3.21. The van der Waals surface area contributed by atoms with Crippen LogP contribution in [-0.2, 0) is 17.5 Å². The molecule has 170 valence electrons. The lowest BCUT2D eigenvalue weighted by molar-refractivity contribution is -0.137. The molecule has 0 atom stereocenters. The average molecular weight is 466 g/mol. The zero-order valence-corrected chi connectivity index (χ0v) is 18.4. The van der Waals surface area contributed by atoms with Crippen LogP contribution in [0.3, 0.4) is 0 Å². The highest BCUT2D eigenvalue weighted by molar-refractivity contribution is 7.99. The number of aromatic nitrogens is 3. The fraction of sp³-hybridized carbons (Fsp3) is 0.286. The predicted octanol–water partition coefficient (Wildman–Crippen LogP) is 4.73. The molecular weight excluding hydrogens is 445 g/mol. The van der Waals surface area contributed by atoms with Crippen LogP contribution in [0.25, 0.3) is 11.4 Å². The molecule has 0 aliphatic heterocycles. The van der Waals surface area contributed by atoms with Gasteiger partial charge < -0.3 is 19.4 Å². The third-order valence-electron chi connectivity index (χ3n) is 4.51. The summed E-state index contributed by atoms with van der Waals surface area (Å²) < 4.78 is 51.7. The molecule has 1 N–H and O–H groups in total. The van der Waals surface area contributed by atoms with Crippen LogP contribution in [-0.4, -0.2) is 40.6 Å². The summed E-state index contributed by atoms with van der Waals surface area (Å²) in [6, 6.07) is 10.2. The van der Waals surface area contributed by atoms with E-state index < -0.39 is 17.6 Å². The third kappa shape index (κ3) is 5.16. The van der Waals surface area contributed by atoms with E-state index in [1.54, 1.807) is 19.2 Å². The highest BCUT2D eigenvalue weighted by Crippen LogP contribution is 2.35. The van der Waals surface area contributed by atoms with Crippen molar-refractivity contribution in [1.82, 2.24) is 14.8 Å². The maximum atomic E-state index is 13.1. The standard InChI is InChI=1S/C21H21F3N4O3S/c1-4-28-19(13-9-10-16(30-2)17(11-13)31-3)26-27-20(28)32-12-18(29)25-15-8-6-5-7-14(15)21(22,23)24/h5-11H,4,12H2,1-3H3,(H,25,29). The van der Waals surface area contributed by atoms with Gasteiger partial charge in [-0.15, -0.1) is 10.2 Å². The first-order chi connectivity index (χ1) is 15.3. The lowest BCUT2D eigenvalue weighted by atomic mass is 10.1. The molecule has 11 heteroatoms. The normalized spacial score (nSPS) is 11.3. The summed E-state index contributed by atoms with van der Waals surface area (Å²) in [5.74, 6) is 0.969. The summed E-state index contributed by atoms with van der Waals surface area (Å²) >= 11 is 1.09. The number of carbonyl (C=O) groups is 1. The number of carbonyl (C=O) groups excluding carboxylic acids is 1. The molecule has 3 rings (SSSR count). The van der Waals surface area contributed by atoms with Gasteiger partial charge in [-0.2, -0.15) is 13.2 Å². The first-order valence-electron chi connectivity index (χ1n) is 9.53. The molecule has 7 nitrogen and oxygen atoms in total. The second-order valence-electron chi connectivity index (χ2n) is 6.50. The molecule has 0 spiro atoms. The zero-order chi connectivity index (χ0) is 23.3. The third-order valence-corrected chi connectivity index (χ3v) is 5.48. The van der Waals surface area contributed by atoms with Crippen LogP contribution >= 0.6 is 11.8 Å². The number of halogens is 3. The van der Waals surface area contributed by atoms with Crippen molar-refractivity contribution < 1.29 is 27.4 Å². The number of thioether (sulfide) groups is 1. The van der Waals surface area contributed by atoms with Crippen LogP contribution in [0.4, 0.5) is 18.9 Å². The minimum Gasteiger partial charge on any atom is -0.493 e. The van der Waals surface area contributed by atoms with Gasteiger partial charge in [0, 0.05) is 12.1 Å². The number of nitrogens with one attached hydrogen (secondary N) is 1. The average Bonchev–Trinajstić information content (AvgIpc) is 3.19. The van der Waals surface area contributed by atoms with Crippen molar-refractivity contribution in [3.8, 4) is 22.9 Å². The van der Waals surface area contributed by atoms with Crippen LogP contribution in [0.1, 0.15) is 12.5 Å². The van der Waals surface area contributed by atoms with E-state index in [2.05, 4.69) is 15.5 Å². The fourth-order valence-corrected chi connectivity index (χ4v) is 3.83. The molecule has 0 unspecified atom stereocenters. The van der Waals surface area contributed by atoms with E-state index >= 15 is 0 Å². The van der Waals surface area contributed by atoms with Crippen LogP contribution in [0, 0.1) is 0 Å². The second kappa shape index (κ2) is 9.94. The van der Waals surface area contributed by atoms with Gasteiger partial charge in [0.05, 0.1) is 31.2 Å². The van der Waals surface area contributed by atoms with E-state index in [0.29, 0.717) is 29.0 Å². The number of anilines is 1. The van der Waals surface area contributed by atoms with E-state index in [1.165, 1.54) is 25.3 Å². The smallest absolute Gasteiger partial charge is 0.418 e. The largest absolute Gasteiger partial charge is 0.493 e. The molecular formula is C21H21F3N4O3S. The fourth-order valence-electron chi connectivity index (χ4n) is 3.03. The number of alkyl halides is 3. The Balaban J connectivity index is 1.75. The molecule has 0 bridgehead atoms. The summed E-state index contributed by atoms with van der Waals surface area (Å²) in [7, 11) is 3.07. The lowest BCUT2D eigenvalue weighted by Gasteiger charge is -2.13. The number of hydrogen-bond donors (Lipinski definition) is 1. The molecule has 0 radical (unpaired) electrons. The zero-order valence-electron chi connectivity index (χ0n) is 17.6. The molecule has 2 aromatic carbocycles. The number of ether oxygens (including phenoxy) is 2. The summed E-state index contributed by atoms with van der Waals surface area (Å²) in [5.41, 5.74) is -0.438. The monoisotopic (exact) mass is 466 g/mol. The van der Waals surface area contributed by atoms with E-state index in [4.69, 9.17) is 9.47 Å². The van der Waals surface area contributed by atoms with Crippen molar-refractivity contribution in [2.45, 2.75) is 24.8 Å². The Bertz CT molecular complexity index is 1100. The van der Waals surface area contributed by atoms with Crippen LogP contribution in [0.15, 0.2) is 47.6 Å². The van der Waals surface area contributed by atoms with E-state index in [1.807, 2.05) is 17.6 Å². The SMILES string of the molecule is CCn1c(SCC(=O)Nc2ccccc2C(F)(F)F)nnc1-c1ccc(OC)c(OC)c1. The molecule has 1 aromatic heterocycles. The highest BCUT2D eigenvalue weighted by atomic mass is 32.2. The Morgan fingerprint density at radius 2 is 1.81 bits per heavy atom. The van der Waals surface area contributed by atoms with Crippen molar-refractivity contribution in [3.63, 3.8) is 0 Å². The summed E-state index contributed by atoms with van der Waals surface area (Å²) in [6.45, 7) is 2.43. The number of hydrogen-bond acceptors (Lipinski definition) is 6. The first kappa shape index (κ1) is 23.5. The van der Waals surface area contributed by atoms with Gasteiger partial charge in [0.2, 0.25) is 5.91 Å². The summed E-state index contributed by atoms with van der Waals surface area (Å²) in [5, 5.41) is 11.1. The van der Waals surface area contributed by atoms with Crippen LogP contribution in [0.5, 0.6) is 11.5 Å². The van der Waals surface area contributed by atoms with Crippen molar-refractivity contribution in [2.75, 3.05) is 25.3 Å². The molecule has 3 aromatic rings. The Morgan fingerprint density at radius 3 is 2.47 bits per heavy atom. The van der Waals surface area contributed by atoms with Gasteiger partial charge in [-0.05, 0) is 37.3 Å². The summed E-state index contributed by atoms with van der Waals surface area (Å²) in [4.78, 5) is 12.3. The molecule has 0 saturated heterocycles. The highest BCUT2D eigenvalue weighted by Gasteiger charge is 2.33. The van der Waals surface area contributed by atoms with E-state index in [9.17, 15) is 18.0 Å². The van der Waals surface area contributed by atoms with E-state index in [0.717, 1.165) is 23.4 Å². The summed E-state index contributed by atoms with van der Waals surface area (Å²) in [6.07, 6.45) is -4.56. The Labute approximate surface area is 186 Å². The van der Waals surface area contributed by atoms with Crippen LogP contribution in [0.2, 0.25) is 0 Å². The predicted molar refractivity (Wildman–Crippen MR) is 115 cm³/mol. The minimum atomic E-state index is -4.56. The van der Waals surface area contributed by atoms with Gasteiger partial charge in [-0.3, -0.25) is 4.79 Å². The molecule has 1 heterocycles. The van der Waals surface area contributed by atoms with E-state index in [-0.39, 0.29) is 11.4 Å². The van der Waals surface area contributed by atoms with Crippen LogP contribution < -0.4 is 14.8 Å². The second-order valence-corrected chi connectivity index (χ2v) is 7.44. The van der Waals surface area contributed by atoms with Crippen molar-refractivity contribution >= 4 is 23.4 Å². The van der Waals surface area contributed by atoms with Gasteiger partial charge in [0.25, 0.3) is 0 Å². The van der Waals surface area contributed by atoms with Crippen molar-refractivity contribution in [3.05, 3.63) is 48.0 Å². The van der Waals surface area contributed by atoms with Gasteiger partial charge in [-0.25, -0.2) is 0 Å². The number of nitrogens with zero attached hydrogens (tertiary/aromatic N) is 3.